The van der Waals surface area contributed by atoms with Crippen molar-refractivity contribution in [2.45, 2.75) is 103 Å². The van der Waals surface area contributed by atoms with E-state index in [1.807, 2.05) is 20.8 Å². The Hall–Kier alpha value is -1.39. The fourth-order valence-electron chi connectivity index (χ4n) is 3.38. The standard InChI is InChI=1S/C21H36F3N3O4/c1-14(30-17-9-6-7-12-29-17)19(2,3)15-13-16(31-27-15)26-18(28)20(4,5)25-11-8-10-21(22,23)24/h14,16-17,25H,6-13H2,1-5H3,(H,26,28)/t14-,16?,17?/m0/s1. The van der Waals surface area contributed by atoms with Crippen molar-refractivity contribution in [2.75, 3.05) is 13.2 Å². The SMILES string of the molecule is C[C@H](OC1CCCCO1)C(C)(C)C1=NOC(NC(=O)C(C)(C)NCCCC(F)(F)F)C1. The third-order valence-corrected chi connectivity index (χ3v) is 5.99. The maximum Gasteiger partial charge on any atom is 0.389 e. The molecule has 0 saturated carbocycles. The monoisotopic (exact) mass is 451 g/mol. The van der Waals surface area contributed by atoms with Gasteiger partial charge >= 0.3 is 6.18 Å². The van der Waals surface area contributed by atoms with Crippen molar-refractivity contribution in [3.63, 3.8) is 0 Å². The summed E-state index contributed by atoms with van der Waals surface area (Å²) in [7, 11) is 0. The van der Waals surface area contributed by atoms with Crippen LogP contribution in [0.3, 0.4) is 0 Å². The van der Waals surface area contributed by atoms with E-state index in [4.69, 9.17) is 14.3 Å². The van der Waals surface area contributed by atoms with Crippen molar-refractivity contribution in [2.24, 2.45) is 10.6 Å². The molecule has 0 spiro atoms. The first-order valence-electron chi connectivity index (χ1n) is 10.9. The van der Waals surface area contributed by atoms with E-state index >= 15 is 0 Å². The summed E-state index contributed by atoms with van der Waals surface area (Å²) in [6, 6.07) is 0. The van der Waals surface area contributed by atoms with Gasteiger partial charge in [0.05, 0.1) is 17.4 Å². The summed E-state index contributed by atoms with van der Waals surface area (Å²) in [6.07, 6.45) is -2.79. The summed E-state index contributed by atoms with van der Waals surface area (Å²) in [5.41, 5.74) is -0.690. The normalized spacial score (nSPS) is 23.8. The number of amides is 1. The van der Waals surface area contributed by atoms with E-state index in [1.54, 1.807) is 13.8 Å². The maximum absolute atomic E-state index is 12.6. The smallest absolute Gasteiger partial charge is 0.370 e. The van der Waals surface area contributed by atoms with Gasteiger partial charge in [-0.3, -0.25) is 4.79 Å². The summed E-state index contributed by atoms with van der Waals surface area (Å²) in [5, 5.41) is 9.82. The molecule has 0 aromatic carbocycles. The van der Waals surface area contributed by atoms with Gasteiger partial charge in [0.15, 0.2) is 6.29 Å². The van der Waals surface area contributed by atoms with Crippen molar-refractivity contribution < 1.29 is 32.3 Å². The molecule has 31 heavy (non-hydrogen) atoms. The molecular formula is C21H36F3N3O4. The molecule has 180 valence electrons. The van der Waals surface area contributed by atoms with Crippen molar-refractivity contribution >= 4 is 11.6 Å². The summed E-state index contributed by atoms with van der Waals surface area (Å²) >= 11 is 0. The van der Waals surface area contributed by atoms with Gasteiger partial charge in [0.1, 0.15) is 0 Å². The lowest BCUT2D eigenvalue weighted by Gasteiger charge is -2.35. The Morgan fingerprint density at radius 2 is 1.97 bits per heavy atom. The van der Waals surface area contributed by atoms with Crippen molar-refractivity contribution in [3.8, 4) is 0 Å². The van der Waals surface area contributed by atoms with E-state index in [0.717, 1.165) is 25.0 Å². The fraction of sp³-hybridized carbons (Fsp3) is 0.905. The largest absolute Gasteiger partial charge is 0.389 e. The van der Waals surface area contributed by atoms with E-state index < -0.39 is 29.8 Å². The number of oxime groups is 1. The van der Waals surface area contributed by atoms with Crippen LogP contribution in [-0.2, 0) is 19.1 Å². The number of alkyl halides is 3. The molecule has 1 amide bonds. The lowest BCUT2D eigenvalue weighted by Crippen LogP contribution is -2.55. The molecular weight excluding hydrogens is 415 g/mol. The average molecular weight is 452 g/mol. The van der Waals surface area contributed by atoms with Gasteiger partial charge in [0.2, 0.25) is 12.1 Å². The highest BCUT2D eigenvalue weighted by atomic mass is 19.4. The Morgan fingerprint density at radius 1 is 1.26 bits per heavy atom. The van der Waals surface area contributed by atoms with Gasteiger partial charge in [-0.1, -0.05) is 19.0 Å². The molecule has 0 aromatic heterocycles. The average Bonchev–Trinajstić information content (AvgIpc) is 3.14. The highest BCUT2D eigenvalue weighted by molar-refractivity contribution is 5.92. The predicted octanol–water partition coefficient (Wildman–Crippen LogP) is 3.87. The van der Waals surface area contributed by atoms with E-state index in [0.29, 0.717) is 13.0 Å². The van der Waals surface area contributed by atoms with Gasteiger partial charge in [-0.15, -0.1) is 0 Å². The molecule has 7 nitrogen and oxygen atoms in total. The van der Waals surface area contributed by atoms with Gasteiger partial charge in [0, 0.05) is 24.9 Å². The minimum atomic E-state index is -4.20. The van der Waals surface area contributed by atoms with E-state index in [-0.39, 0.29) is 31.3 Å². The van der Waals surface area contributed by atoms with Crippen molar-refractivity contribution in [1.82, 2.24) is 10.6 Å². The molecule has 2 heterocycles. The predicted molar refractivity (Wildman–Crippen MR) is 110 cm³/mol. The summed E-state index contributed by atoms with van der Waals surface area (Å²) in [6.45, 7) is 10.0. The highest BCUT2D eigenvalue weighted by Gasteiger charge is 2.40. The number of ether oxygens (including phenoxy) is 2. The maximum atomic E-state index is 12.6. The quantitative estimate of drug-likeness (QED) is 0.493. The second-order valence-corrected chi connectivity index (χ2v) is 9.38. The fourth-order valence-corrected chi connectivity index (χ4v) is 3.38. The molecule has 1 saturated heterocycles. The number of hydrogen-bond acceptors (Lipinski definition) is 6. The van der Waals surface area contributed by atoms with Crippen LogP contribution in [0, 0.1) is 5.41 Å². The number of nitrogens with zero attached hydrogens (tertiary/aromatic N) is 1. The summed E-state index contributed by atoms with van der Waals surface area (Å²) in [5.74, 6) is -0.362. The third-order valence-electron chi connectivity index (χ3n) is 5.99. The van der Waals surface area contributed by atoms with Crippen LogP contribution in [0.15, 0.2) is 5.16 Å². The van der Waals surface area contributed by atoms with Crippen LogP contribution in [0.4, 0.5) is 13.2 Å². The first-order chi connectivity index (χ1) is 14.3. The third kappa shape index (κ3) is 7.91. The Morgan fingerprint density at radius 3 is 2.58 bits per heavy atom. The van der Waals surface area contributed by atoms with Crippen LogP contribution in [-0.4, -0.2) is 55.1 Å². The van der Waals surface area contributed by atoms with Crippen LogP contribution in [0.5, 0.6) is 0 Å². The lowest BCUT2D eigenvalue weighted by atomic mass is 9.80. The van der Waals surface area contributed by atoms with Crippen LogP contribution < -0.4 is 10.6 Å². The Bertz CT molecular complexity index is 632. The number of carbonyl (C=O) groups excluding carboxylic acids is 1. The Kier molecular flexibility index (Phi) is 8.75. The first-order valence-corrected chi connectivity index (χ1v) is 10.9. The first kappa shape index (κ1) is 25.9. The molecule has 0 aliphatic carbocycles. The number of carbonyl (C=O) groups is 1. The van der Waals surface area contributed by atoms with Gasteiger partial charge in [-0.05, 0) is 53.0 Å². The molecule has 0 aromatic rings. The molecule has 3 atom stereocenters. The Labute approximate surface area is 182 Å². The van der Waals surface area contributed by atoms with Gasteiger partial charge in [0.25, 0.3) is 0 Å². The molecule has 10 heteroatoms. The topological polar surface area (TPSA) is 81.2 Å². The zero-order valence-electron chi connectivity index (χ0n) is 19.1. The van der Waals surface area contributed by atoms with Crippen molar-refractivity contribution in [1.29, 1.82) is 0 Å². The second kappa shape index (κ2) is 10.5. The van der Waals surface area contributed by atoms with Crippen LogP contribution in [0.1, 0.15) is 73.1 Å². The summed E-state index contributed by atoms with van der Waals surface area (Å²) in [4.78, 5) is 18.0. The van der Waals surface area contributed by atoms with E-state index in [2.05, 4.69) is 15.8 Å². The number of halogens is 3. The van der Waals surface area contributed by atoms with Crippen LogP contribution >= 0.6 is 0 Å². The second-order valence-electron chi connectivity index (χ2n) is 9.38. The minimum absolute atomic E-state index is 0.0817. The van der Waals surface area contributed by atoms with Gasteiger partial charge in [-0.25, -0.2) is 0 Å². The Balaban J connectivity index is 1.80. The molecule has 2 aliphatic heterocycles. The zero-order valence-corrected chi connectivity index (χ0v) is 19.1. The molecule has 2 unspecified atom stereocenters. The van der Waals surface area contributed by atoms with Gasteiger partial charge < -0.3 is 24.9 Å². The number of hydrogen-bond donors (Lipinski definition) is 2. The molecule has 2 rings (SSSR count). The van der Waals surface area contributed by atoms with Gasteiger partial charge in [-0.2, -0.15) is 13.2 Å². The highest BCUT2D eigenvalue weighted by Crippen LogP contribution is 2.32. The number of rotatable bonds is 10. The van der Waals surface area contributed by atoms with Crippen molar-refractivity contribution in [3.05, 3.63) is 0 Å². The molecule has 1 fully saturated rings. The molecule has 0 radical (unpaired) electrons. The van der Waals surface area contributed by atoms with Crippen LogP contribution in [0.2, 0.25) is 0 Å². The lowest BCUT2D eigenvalue weighted by molar-refractivity contribution is -0.197. The molecule has 2 aliphatic rings. The number of nitrogens with one attached hydrogen (secondary N) is 2. The molecule has 2 N–H and O–H groups in total. The zero-order chi connectivity index (χ0) is 23.3. The van der Waals surface area contributed by atoms with Crippen LogP contribution in [0.25, 0.3) is 0 Å². The van der Waals surface area contributed by atoms with E-state index in [9.17, 15) is 18.0 Å². The van der Waals surface area contributed by atoms with E-state index in [1.165, 1.54) is 0 Å². The molecule has 0 bridgehead atoms. The summed E-state index contributed by atoms with van der Waals surface area (Å²) < 4.78 is 48.6. The minimum Gasteiger partial charge on any atom is -0.370 e.